The molecule has 0 unspecified atom stereocenters. The Balaban J connectivity index is 1.23. The second kappa shape index (κ2) is 13.2. The van der Waals surface area contributed by atoms with Gasteiger partial charge in [0, 0.05) is 37.7 Å². The highest BCUT2D eigenvalue weighted by molar-refractivity contribution is 6.30. The summed E-state index contributed by atoms with van der Waals surface area (Å²) < 4.78 is 11.8. The van der Waals surface area contributed by atoms with Gasteiger partial charge in [0.1, 0.15) is 5.82 Å². The summed E-state index contributed by atoms with van der Waals surface area (Å²) in [6.45, 7) is 6.43. The van der Waals surface area contributed by atoms with Crippen LogP contribution in [0.3, 0.4) is 0 Å². The number of urea groups is 1. The highest BCUT2D eigenvalue weighted by Crippen LogP contribution is 2.44. The maximum absolute atomic E-state index is 13.9. The van der Waals surface area contributed by atoms with Gasteiger partial charge in [0.05, 0.1) is 37.6 Å². The minimum absolute atomic E-state index is 0.0200. The van der Waals surface area contributed by atoms with E-state index >= 15 is 0 Å². The van der Waals surface area contributed by atoms with E-state index in [1.54, 1.807) is 13.3 Å². The highest BCUT2D eigenvalue weighted by Gasteiger charge is 2.37. The first-order valence-electron chi connectivity index (χ1n) is 15.9. The average molecular weight is 632 g/mol. The predicted octanol–water partition coefficient (Wildman–Crippen LogP) is 6.23. The molecule has 1 N–H and O–H groups in total. The molecule has 1 saturated carbocycles. The zero-order chi connectivity index (χ0) is 31.7. The van der Waals surface area contributed by atoms with Crippen LogP contribution in [0, 0.1) is 5.92 Å². The second-order valence-electron chi connectivity index (χ2n) is 12.6. The van der Waals surface area contributed by atoms with Crippen molar-refractivity contribution < 1.29 is 19.1 Å². The van der Waals surface area contributed by atoms with E-state index in [9.17, 15) is 9.59 Å². The maximum atomic E-state index is 13.9. The Kier molecular flexibility index (Phi) is 9.08. The van der Waals surface area contributed by atoms with E-state index in [1.165, 1.54) is 0 Å². The Morgan fingerprint density at radius 1 is 1.04 bits per heavy atom. The number of halogens is 1. The molecule has 1 aliphatic carbocycles. The fourth-order valence-corrected chi connectivity index (χ4v) is 7.16. The van der Waals surface area contributed by atoms with Crippen molar-refractivity contribution in [1.82, 2.24) is 15.2 Å². The molecule has 3 heterocycles. The molecule has 238 valence electrons. The number of rotatable bonds is 9. The number of nitrogens with zero attached hydrogens (tertiary/aromatic N) is 4. The van der Waals surface area contributed by atoms with Gasteiger partial charge < -0.3 is 24.6 Å². The number of pyridine rings is 1. The summed E-state index contributed by atoms with van der Waals surface area (Å²) in [5.74, 6) is 2.65. The minimum Gasteiger partial charge on any atom is -0.493 e. The summed E-state index contributed by atoms with van der Waals surface area (Å²) in [5, 5.41) is 3.56. The molecule has 2 aromatic carbocycles. The van der Waals surface area contributed by atoms with Gasteiger partial charge in [0.15, 0.2) is 11.5 Å². The molecular weight excluding hydrogens is 590 g/mol. The standard InChI is InChI=1S/C35H42ClN5O4/c1-22(2)45-31-19-29-25(17-30(31)44-4)18-33(42)41(34(29)24-7-9-26(36)10-8-24)28-13-14-32(38-20-28)39(3)21-23-5-11-27(12-6-23)40-16-15-37-35(40)43/h7-10,13-14,17,19-20,22-23,27,34H,5-6,11-12,15-16,18,21H2,1-4H3,(H,37,43)/t23?,27?,34-/m0/s1. The largest absolute Gasteiger partial charge is 0.493 e. The third-order valence-corrected chi connectivity index (χ3v) is 9.47. The molecule has 3 amide bonds. The molecule has 3 aromatic rings. The van der Waals surface area contributed by atoms with Crippen LogP contribution in [0.2, 0.25) is 5.02 Å². The van der Waals surface area contributed by atoms with Crippen molar-refractivity contribution in [3.63, 3.8) is 0 Å². The second-order valence-corrected chi connectivity index (χ2v) is 13.1. The molecule has 0 radical (unpaired) electrons. The van der Waals surface area contributed by atoms with Crippen LogP contribution in [-0.4, -0.2) is 67.8 Å². The molecule has 0 spiro atoms. The Morgan fingerprint density at radius 2 is 1.80 bits per heavy atom. The van der Waals surface area contributed by atoms with Crippen LogP contribution >= 0.6 is 11.6 Å². The summed E-state index contributed by atoms with van der Waals surface area (Å²) in [6.07, 6.45) is 6.26. The van der Waals surface area contributed by atoms with Gasteiger partial charge in [-0.2, -0.15) is 0 Å². The SMILES string of the molecule is COc1cc2c(cc1OC(C)C)[C@H](c1ccc(Cl)cc1)N(c1ccc(N(C)CC3CCC(N4CCNC4=O)CC3)nc1)C(=O)C2. The molecule has 3 aliphatic rings. The third kappa shape index (κ3) is 6.54. The van der Waals surface area contributed by atoms with Crippen LogP contribution in [0.25, 0.3) is 0 Å². The molecular formula is C35H42ClN5O4. The lowest BCUT2D eigenvalue weighted by molar-refractivity contribution is -0.118. The molecule has 45 heavy (non-hydrogen) atoms. The van der Waals surface area contributed by atoms with Gasteiger partial charge in [-0.3, -0.25) is 9.69 Å². The topological polar surface area (TPSA) is 87.2 Å². The number of methoxy groups -OCH3 is 1. The van der Waals surface area contributed by atoms with Gasteiger partial charge in [-0.15, -0.1) is 0 Å². The lowest BCUT2D eigenvalue weighted by Gasteiger charge is -2.38. The number of aromatic nitrogens is 1. The Hall–Kier alpha value is -3.98. The van der Waals surface area contributed by atoms with Crippen molar-refractivity contribution >= 4 is 35.0 Å². The number of carbonyl (C=O) groups excluding carboxylic acids is 2. The third-order valence-electron chi connectivity index (χ3n) is 9.22. The molecule has 0 bridgehead atoms. The van der Waals surface area contributed by atoms with Gasteiger partial charge in [-0.25, -0.2) is 9.78 Å². The number of nitrogens with one attached hydrogen (secondary N) is 1. The quantitative estimate of drug-likeness (QED) is 0.301. The van der Waals surface area contributed by atoms with Crippen molar-refractivity contribution in [2.75, 3.05) is 43.6 Å². The Morgan fingerprint density at radius 3 is 2.42 bits per heavy atom. The number of hydrogen-bond donors (Lipinski definition) is 1. The molecule has 1 atom stereocenters. The highest BCUT2D eigenvalue weighted by atomic mass is 35.5. The van der Waals surface area contributed by atoms with E-state index in [0.29, 0.717) is 28.5 Å². The van der Waals surface area contributed by atoms with Crippen molar-refractivity contribution in [2.24, 2.45) is 5.92 Å². The van der Waals surface area contributed by atoms with E-state index < -0.39 is 6.04 Å². The summed E-state index contributed by atoms with van der Waals surface area (Å²) >= 11 is 6.26. The number of fused-ring (bicyclic) bond motifs is 1. The predicted molar refractivity (Wildman–Crippen MR) is 177 cm³/mol. The lowest BCUT2D eigenvalue weighted by atomic mass is 9.85. The zero-order valence-corrected chi connectivity index (χ0v) is 27.2. The Bertz CT molecular complexity index is 1520. The van der Waals surface area contributed by atoms with Crippen molar-refractivity contribution in [3.8, 4) is 11.5 Å². The van der Waals surface area contributed by atoms with E-state index in [2.05, 4.69) is 17.3 Å². The van der Waals surface area contributed by atoms with Gasteiger partial charge >= 0.3 is 6.03 Å². The number of hydrogen-bond acceptors (Lipinski definition) is 6. The van der Waals surface area contributed by atoms with E-state index in [4.69, 9.17) is 26.1 Å². The molecule has 2 fully saturated rings. The lowest BCUT2D eigenvalue weighted by Crippen LogP contribution is -2.41. The number of ether oxygens (including phenoxy) is 2. The van der Waals surface area contributed by atoms with E-state index in [0.717, 1.165) is 73.5 Å². The molecule has 1 aromatic heterocycles. The van der Waals surface area contributed by atoms with Crippen LogP contribution < -0.4 is 24.6 Å². The number of amides is 3. The van der Waals surface area contributed by atoms with E-state index in [1.807, 2.05) is 72.2 Å². The minimum atomic E-state index is -0.391. The molecule has 2 aliphatic heterocycles. The van der Waals surface area contributed by atoms with Crippen LogP contribution in [0.5, 0.6) is 11.5 Å². The average Bonchev–Trinajstić information content (AvgIpc) is 3.46. The van der Waals surface area contributed by atoms with Crippen molar-refractivity contribution in [1.29, 1.82) is 0 Å². The first kappa shape index (κ1) is 31.0. The van der Waals surface area contributed by atoms with Crippen LogP contribution in [0.1, 0.15) is 62.3 Å². The van der Waals surface area contributed by atoms with Crippen LogP contribution in [-0.2, 0) is 11.2 Å². The maximum Gasteiger partial charge on any atom is 0.317 e. The fraction of sp³-hybridized carbons (Fsp3) is 0.457. The van der Waals surface area contributed by atoms with Gasteiger partial charge in [-0.05, 0) is 98.5 Å². The van der Waals surface area contributed by atoms with Gasteiger partial charge in [-0.1, -0.05) is 23.7 Å². The molecule has 10 heteroatoms. The summed E-state index contributed by atoms with van der Waals surface area (Å²) in [7, 11) is 3.69. The first-order chi connectivity index (χ1) is 21.7. The summed E-state index contributed by atoms with van der Waals surface area (Å²) in [5.41, 5.74) is 3.57. The smallest absolute Gasteiger partial charge is 0.317 e. The molecule has 9 nitrogen and oxygen atoms in total. The van der Waals surface area contributed by atoms with E-state index in [-0.39, 0.29) is 24.5 Å². The zero-order valence-electron chi connectivity index (χ0n) is 26.5. The van der Waals surface area contributed by atoms with Crippen molar-refractivity contribution in [3.05, 3.63) is 76.4 Å². The Labute approximate surface area is 270 Å². The summed E-state index contributed by atoms with van der Waals surface area (Å²) in [4.78, 5) is 36.8. The number of carbonyl (C=O) groups is 2. The first-order valence-corrected chi connectivity index (χ1v) is 16.3. The van der Waals surface area contributed by atoms with Gasteiger partial charge in [0.2, 0.25) is 5.91 Å². The van der Waals surface area contributed by atoms with Gasteiger partial charge in [0.25, 0.3) is 0 Å². The number of benzene rings is 2. The van der Waals surface area contributed by atoms with Crippen LogP contribution in [0.4, 0.5) is 16.3 Å². The van der Waals surface area contributed by atoms with Crippen LogP contribution in [0.15, 0.2) is 54.7 Å². The van der Waals surface area contributed by atoms with Crippen molar-refractivity contribution in [2.45, 2.75) is 64.1 Å². The summed E-state index contributed by atoms with van der Waals surface area (Å²) in [6, 6.07) is 15.6. The molecule has 1 saturated heterocycles. The monoisotopic (exact) mass is 631 g/mol. The number of anilines is 2. The fourth-order valence-electron chi connectivity index (χ4n) is 7.03. The normalized spacial score (nSPS) is 21.5. The molecule has 6 rings (SSSR count).